The minimum Gasteiger partial charge on any atom is -0.444 e. The molecule has 2 aliphatic rings. The highest BCUT2D eigenvalue weighted by atomic mass is 32.2. The molecule has 1 heterocycles. The highest BCUT2D eigenvalue weighted by molar-refractivity contribution is 7.91. The molecule has 144 valence electrons. The molecule has 1 aromatic rings. The number of hydrogen-bond acceptors (Lipinski definition) is 4. The van der Waals surface area contributed by atoms with Crippen LogP contribution in [-0.4, -0.2) is 43.9 Å². The molecule has 5 nitrogen and oxygen atoms in total. The summed E-state index contributed by atoms with van der Waals surface area (Å²) >= 11 is 0. The van der Waals surface area contributed by atoms with Gasteiger partial charge >= 0.3 is 6.09 Å². The van der Waals surface area contributed by atoms with Gasteiger partial charge in [0.25, 0.3) is 0 Å². The monoisotopic (exact) mass is 379 g/mol. The van der Waals surface area contributed by atoms with Gasteiger partial charge < -0.3 is 9.64 Å². The fraction of sp³-hybridized carbons (Fsp3) is 0.650. The molecule has 1 aromatic carbocycles. The van der Waals surface area contributed by atoms with E-state index in [4.69, 9.17) is 4.74 Å². The van der Waals surface area contributed by atoms with E-state index >= 15 is 0 Å². The van der Waals surface area contributed by atoms with Crippen molar-refractivity contribution in [3.05, 3.63) is 30.3 Å². The summed E-state index contributed by atoms with van der Waals surface area (Å²) < 4.78 is 30.8. The quantitative estimate of drug-likeness (QED) is 0.799. The summed E-state index contributed by atoms with van der Waals surface area (Å²) in [5.74, 6) is 0.365. The number of ether oxygens (including phenoxy) is 1. The summed E-state index contributed by atoms with van der Waals surface area (Å²) in [6, 6.07) is 8.69. The topological polar surface area (TPSA) is 63.7 Å². The van der Waals surface area contributed by atoms with E-state index in [0.29, 0.717) is 18.0 Å². The first kappa shape index (κ1) is 19.2. The highest BCUT2D eigenvalue weighted by Crippen LogP contribution is 2.48. The normalized spacial score (nSPS) is 26.4. The Morgan fingerprint density at radius 2 is 1.92 bits per heavy atom. The van der Waals surface area contributed by atoms with Crippen LogP contribution < -0.4 is 0 Å². The molecule has 3 rings (SSSR count). The first-order valence-corrected chi connectivity index (χ1v) is 11.0. The lowest BCUT2D eigenvalue weighted by molar-refractivity contribution is 0.0273. The molecule has 1 aliphatic heterocycles. The molecule has 2 fully saturated rings. The minimum absolute atomic E-state index is 0.0633. The number of amides is 1. The predicted octanol–water partition coefficient (Wildman–Crippen LogP) is 3.89. The maximum atomic E-state index is 12.6. The lowest BCUT2D eigenvalue weighted by Crippen LogP contribution is -2.36. The van der Waals surface area contributed by atoms with Crippen molar-refractivity contribution in [2.75, 3.05) is 18.8 Å². The smallest absolute Gasteiger partial charge is 0.410 e. The van der Waals surface area contributed by atoms with Crippen LogP contribution in [0, 0.1) is 11.3 Å². The van der Waals surface area contributed by atoms with Crippen LogP contribution in [0.4, 0.5) is 4.79 Å². The Bertz CT molecular complexity index is 754. The van der Waals surface area contributed by atoms with Crippen molar-refractivity contribution in [2.45, 2.75) is 57.0 Å². The van der Waals surface area contributed by atoms with Gasteiger partial charge in [-0.15, -0.1) is 0 Å². The Balaban J connectivity index is 1.60. The number of hydrogen-bond donors (Lipinski definition) is 0. The van der Waals surface area contributed by atoms with Crippen LogP contribution in [0.5, 0.6) is 0 Å². The molecular formula is C20H29NO4S. The van der Waals surface area contributed by atoms with Gasteiger partial charge in [-0.3, -0.25) is 0 Å². The lowest BCUT2D eigenvalue weighted by Gasteiger charge is -2.27. The Morgan fingerprint density at radius 3 is 2.58 bits per heavy atom. The second-order valence-electron chi connectivity index (χ2n) is 8.86. The maximum absolute atomic E-state index is 12.6. The zero-order valence-corrected chi connectivity index (χ0v) is 16.7. The van der Waals surface area contributed by atoms with Crippen LogP contribution in [0.15, 0.2) is 35.2 Å². The van der Waals surface area contributed by atoms with Crippen molar-refractivity contribution >= 4 is 15.9 Å². The van der Waals surface area contributed by atoms with Crippen LogP contribution in [0.2, 0.25) is 0 Å². The summed E-state index contributed by atoms with van der Waals surface area (Å²) in [7, 11) is -3.25. The molecule has 0 bridgehead atoms. The minimum atomic E-state index is -3.25. The number of benzene rings is 1. The number of likely N-dealkylation sites (tertiary alicyclic amines) is 1. The lowest BCUT2D eigenvalue weighted by atomic mass is 9.85. The summed E-state index contributed by atoms with van der Waals surface area (Å²) in [6.45, 7) is 7.00. The number of nitrogens with zero attached hydrogens (tertiary/aromatic N) is 1. The predicted molar refractivity (Wildman–Crippen MR) is 101 cm³/mol. The van der Waals surface area contributed by atoms with Crippen molar-refractivity contribution in [2.24, 2.45) is 11.3 Å². The third-order valence-electron chi connectivity index (χ3n) is 5.45. The Morgan fingerprint density at radius 1 is 1.23 bits per heavy atom. The molecular weight excluding hydrogens is 350 g/mol. The zero-order chi connectivity index (χ0) is 19.0. The van der Waals surface area contributed by atoms with Crippen molar-refractivity contribution < 1.29 is 17.9 Å². The van der Waals surface area contributed by atoms with E-state index in [1.165, 1.54) is 0 Å². The zero-order valence-electron chi connectivity index (χ0n) is 15.9. The van der Waals surface area contributed by atoms with E-state index in [2.05, 4.69) is 0 Å². The molecule has 0 radical (unpaired) electrons. The van der Waals surface area contributed by atoms with Gasteiger partial charge in [0.05, 0.1) is 10.6 Å². The molecule has 1 amide bonds. The molecule has 2 unspecified atom stereocenters. The Hall–Kier alpha value is -1.56. The van der Waals surface area contributed by atoms with Gasteiger partial charge in [0.2, 0.25) is 0 Å². The Labute approximate surface area is 156 Å². The molecule has 1 spiro atoms. The standard InChI is InChI=1S/C20H29NO4S/c1-19(2,3)25-18(22)21-12-11-20(15-21)10-9-16(13-20)14-26(23,24)17-7-5-4-6-8-17/h4-8,16H,9-15H2,1-3H3. The van der Waals surface area contributed by atoms with Gasteiger partial charge in [-0.25, -0.2) is 13.2 Å². The van der Waals surface area contributed by atoms with E-state index in [1.807, 2.05) is 26.8 Å². The first-order valence-electron chi connectivity index (χ1n) is 9.34. The van der Waals surface area contributed by atoms with E-state index in [9.17, 15) is 13.2 Å². The van der Waals surface area contributed by atoms with Gasteiger partial charge in [0, 0.05) is 13.1 Å². The molecule has 1 saturated carbocycles. The van der Waals surface area contributed by atoms with Crippen LogP contribution in [-0.2, 0) is 14.6 Å². The second kappa shape index (κ2) is 6.87. The number of carbonyl (C=O) groups excluding carboxylic acids is 1. The van der Waals surface area contributed by atoms with Crippen molar-refractivity contribution in [1.82, 2.24) is 4.90 Å². The summed E-state index contributed by atoms with van der Waals surface area (Å²) in [5.41, 5.74) is -0.428. The van der Waals surface area contributed by atoms with Crippen molar-refractivity contribution in [3.8, 4) is 0 Å². The van der Waals surface area contributed by atoms with E-state index < -0.39 is 15.4 Å². The van der Waals surface area contributed by atoms with E-state index in [-0.39, 0.29) is 23.2 Å². The average Bonchev–Trinajstić information content (AvgIpc) is 3.13. The van der Waals surface area contributed by atoms with Crippen molar-refractivity contribution in [1.29, 1.82) is 0 Å². The summed E-state index contributed by atoms with van der Waals surface area (Å²) in [4.78, 5) is 14.5. The SMILES string of the molecule is CC(C)(C)OC(=O)N1CCC2(CCC(CS(=O)(=O)c3ccccc3)C2)C1. The largest absolute Gasteiger partial charge is 0.444 e. The van der Waals surface area contributed by atoms with Gasteiger partial charge in [-0.05, 0) is 69.9 Å². The van der Waals surface area contributed by atoms with E-state index in [1.54, 1.807) is 29.2 Å². The van der Waals surface area contributed by atoms with Gasteiger partial charge in [-0.2, -0.15) is 0 Å². The summed E-state index contributed by atoms with van der Waals surface area (Å²) in [5, 5.41) is 0. The molecule has 1 aliphatic carbocycles. The fourth-order valence-electron chi connectivity index (χ4n) is 4.29. The fourth-order valence-corrected chi connectivity index (χ4v) is 5.96. The molecule has 0 aromatic heterocycles. The molecule has 0 N–H and O–H groups in total. The Kier molecular flexibility index (Phi) is 5.08. The average molecular weight is 380 g/mol. The van der Waals surface area contributed by atoms with Gasteiger partial charge in [0.15, 0.2) is 9.84 Å². The maximum Gasteiger partial charge on any atom is 0.410 e. The highest BCUT2D eigenvalue weighted by Gasteiger charge is 2.46. The van der Waals surface area contributed by atoms with E-state index in [0.717, 1.165) is 25.7 Å². The van der Waals surface area contributed by atoms with Crippen LogP contribution >= 0.6 is 0 Å². The third-order valence-corrected chi connectivity index (χ3v) is 7.35. The van der Waals surface area contributed by atoms with Crippen molar-refractivity contribution in [3.63, 3.8) is 0 Å². The van der Waals surface area contributed by atoms with Crippen LogP contribution in [0.3, 0.4) is 0 Å². The molecule has 2 atom stereocenters. The van der Waals surface area contributed by atoms with Crippen LogP contribution in [0.1, 0.15) is 46.5 Å². The number of sulfone groups is 1. The molecule has 1 saturated heterocycles. The second-order valence-corrected chi connectivity index (χ2v) is 10.9. The first-order chi connectivity index (χ1) is 12.1. The number of carbonyl (C=O) groups is 1. The van der Waals surface area contributed by atoms with Crippen LogP contribution in [0.25, 0.3) is 0 Å². The molecule has 6 heteroatoms. The van der Waals surface area contributed by atoms with Gasteiger partial charge in [0.1, 0.15) is 5.60 Å². The third kappa shape index (κ3) is 4.40. The number of rotatable bonds is 3. The summed E-state index contributed by atoms with van der Waals surface area (Å²) in [6.07, 6.45) is 3.46. The molecule has 26 heavy (non-hydrogen) atoms. The van der Waals surface area contributed by atoms with Gasteiger partial charge in [-0.1, -0.05) is 18.2 Å².